The number of rotatable bonds is 3. The Balaban J connectivity index is 2.86. The minimum Gasteiger partial charge on any atom is -0.294 e. The summed E-state index contributed by atoms with van der Waals surface area (Å²) in [6.45, 7) is 3.68. The third-order valence-corrected chi connectivity index (χ3v) is 2.55. The number of thioether (sulfide) groups is 1. The summed E-state index contributed by atoms with van der Waals surface area (Å²) in [4.78, 5) is 12.7. The molecule has 0 aliphatic heterocycles. The zero-order valence-electron chi connectivity index (χ0n) is 8.13. The number of carbonyl (C=O) groups is 1. The molecule has 13 heavy (non-hydrogen) atoms. The van der Waals surface area contributed by atoms with E-state index in [1.807, 2.05) is 44.4 Å². The van der Waals surface area contributed by atoms with Gasteiger partial charge in [0, 0.05) is 16.4 Å². The molecule has 0 heterocycles. The Labute approximate surface area is 83.5 Å². The van der Waals surface area contributed by atoms with E-state index in [4.69, 9.17) is 0 Å². The molecule has 0 amide bonds. The SMILES string of the molecule is CSc1ccc(C(=O)[C](C)C)cc1. The molecule has 1 aromatic rings. The number of benzene rings is 1. The van der Waals surface area contributed by atoms with Crippen LogP contribution in [-0.2, 0) is 0 Å². The molecule has 0 saturated heterocycles. The van der Waals surface area contributed by atoms with Crippen LogP contribution in [0.2, 0.25) is 0 Å². The topological polar surface area (TPSA) is 17.1 Å². The molecule has 0 fully saturated rings. The summed E-state index contributed by atoms with van der Waals surface area (Å²) >= 11 is 1.68. The normalized spacial score (nSPS) is 10.5. The molecule has 0 N–H and O–H groups in total. The van der Waals surface area contributed by atoms with Gasteiger partial charge in [-0.25, -0.2) is 0 Å². The standard InChI is InChI=1S/C11H13OS/c1-8(2)11(12)9-4-6-10(13-3)7-5-9/h4-7H,1-3H3. The van der Waals surface area contributed by atoms with Gasteiger partial charge >= 0.3 is 0 Å². The lowest BCUT2D eigenvalue weighted by Gasteiger charge is -2.03. The lowest BCUT2D eigenvalue weighted by atomic mass is 10.0. The van der Waals surface area contributed by atoms with E-state index >= 15 is 0 Å². The van der Waals surface area contributed by atoms with Gasteiger partial charge in [0.05, 0.1) is 0 Å². The highest BCUT2D eigenvalue weighted by atomic mass is 32.2. The number of ketones is 1. The summed E-state index contributed by atoms with van der Waals surface area (Å²) in [7, 11) is 0. The maximum absolute atomic E-state index is 11.5. The largest absolute Gasteiger partial charge is 0.294 e. The van der Waals surface area contributed by atoms with Gasteiger partial charge in [-0.05, 0) is 18.4 Å². The lowest BCUT2D eigenvalue weighted by Crippen LogP contribution is -2.04. The van der Waals surface area contributed by atoms with E-state index in [-0.39, 0.29) is 5.78 Å². The van der Waals surface area contributed by atoms with E-state index in [2.05, 4.69) is 0 Å². The van der Waals surface area contributed by atoms with Crippen LogP contribution in [-0.4, -0.2) is 12.0 Å². The third-order valence-electron chi connectivity index (χ3n) is 1.81. The lowest BCUT2D eigenvalue weighted by molar-refractivity contribution is 0.101. The van der Waals surface area contributed by atoms with E-state index in [1.165, 1.54) is 4.90 Å². The molecule has 1 rings (SSSR count). The van der Waals surface area contributed by atoms with Gasteiger partial charge in [0.15, 0.2) is 5.78 Å². The van der Waals surface area contributed by atoms with E-state index < -0.39 is 0 Å². The molecule has 0 aliphatic rings. The smallest absolute Gasteiger partial charge is 0.169 e. The van der Waals surface area contributed by atoms with Crippen LogP contribution in [0, 0.1) is 5.92 Å². The Kier molecular flexibility index (Phi) is 3.55. The van der Waals surface area contributed by atoms with E-state index in [1.54, 1.807) is 11.8 Å². The Morgan fingerprint density at radius 1 is 1.15 bits per heavy atom. The van der Waals surface area contributed by atoms with Crippen molar-refractivity contribution in [1.29, 1.82) is 0 Å². The quantitative estimate of drug-likeness (QED) is 0.541. The first-order chi connectivity index (χ1) is 6.15. The van der Waals surface area contributed by atoms with Crippen molar-refractivity contribution in [3.63, 3.8) is 0 Å². The van der Waals surface area contributed by atoms with Crippen LogP contribution in [0.1, 0.15) is 24.2 Å². The van der Waals surface area contributed by atoms with E-state index in [9.17, 15) is 4.79 Å². The molecule has 1 aromatic carbocycles. The first-order valence-corrected chi connectivity index (χ1v) is 5.36. The molecule has 2 heteroatoms. The van der Waals surface area contributed by atoms with Gasteiger partial charge in [-0.15, -0.1) is 11.8 Å². The Hall–Kier alpha value is -0.760. The van der Waals surface area contributed by atoms with Crippen LogP contribution >= 0.6 is 11.8 Å². The van der Waals surface area contributed by atoms with Gasteiger partial charge in [-0.1, -0.05) is 26.0 Å². The second-order valence-electron chi connectivity index (χ2n) is 3.06. The highest BCUT2D eigenvalue weighted by Gasteiger charge is 2.09. The number of hydrogen-bond donors (Lipinski definition) is 0. The zero-order chi connectivity index (χ0) is 9.84. The first-order valence-electron chi connectivity index (χ1n) is 4.14. The van der Waals surface area contributed by atoms with Crippen molar-refractivity contribution in [3.8, 4) is 0 Å². The van der Waals surface area contributed by atoms with E-state index in [0.717, 1.165) is 11.5 Å². The highest BCUT2D eigenvalue weighted by Crippen LogP contribution is 2.17. The van der Waals surface area contributed by atoms with Crippen LogP contribution in [0.4, 0.5) is 0 Å². The number of Topliss-reactive ketones (excluding diaryl/α,β-unsaturated/α-hetero) is 1. The summed E-state index contributed by atoms with van der Waals surface area (Å²) in [5.41, 5.74) is 0.776. The molecule has 0 aliphatic carbocycles. The molecule has 69 valence electrons. The van der Waals surface area contributed by atoms with Crippen LogP contribution < -0.4 is 0 Å². The molecule has 0 atom stereocenters. The number of hydrogen-bond acceptors (Lipinski definition) is 2. The molecular formula is C11H13OS. The monoisotopic (exact) mass is 193 g/mol. The predicted molar refractivity (Wildman–Crippen MR) is 57.1 cm³/mol. The molecule has 0 spiro atoms. The summed E-state index contributed by atoms with van der Waals surface area (Å²) in [6.07, 6.45) is 2.02. The van der Waals surface area contributed by atoms with Crippen molar-refractivity contribution >= 4 is 17.5 Å². The molecule has 1 nitrogen and oxygen atoms in total. The van der Waals surface area contributed by atoms with Gasteiger partial charge in [0.25, 0.3) is 0 Å². The minimum absolute atomic E-state index is 0.132. The minimum atomic E-state index is 0.132. The van der Waals surface area contributed by atoms with Crippen LogP contribution in [0.3, 0.4) is 0 Å². The molecule has 0 bridgehead atoms. The van der Waals surface area contributed by atoms with Crippen LogP contribution in [0.25, 0.3) is 0 Å². The average molecular weight is 193 g/mol. The van der Waals surface area contributed by atoms with Gasteiger partial charge in [-0.2, -0.15) is 0 Å². The van der Waals surface area contributed by atoms with E-state index in [0.29, 0.717) is 0 Å². The van der Waals surface area contributed by atoms with Crippen molar-refractivity contribution in [1.82, 2.24) is 0 Å². The summed E-state index contributed by atoms with van der Waals surface area (Å²) in [6, 6.07) is 7.70. The Bertz CT molecular complexity index is 287. The summed E-state index contributed by atoms with van der Waals surface area (Å²) in [5.74, 6) is 0.963. The van der Waals surface area contributed by atoms with Crippen LogP contribution in [0.5, 0.6) is 0 Å². The fourth-order valence-corrected chi connectivity index (χ4v) is 1.44. The van der Waals surface area contributed by atoms with Crippen molar-refractivity contribution < 1.29 is 4.79 Å². The Morgan fingerprint density at radius 3 is 2.08 bits per heavy atom. The zero-order valence-corrected chi connectivity index (χ0v) is 8.94. The second-order valence-corrected chi connectivity index (χ2v) is 3.94. The predicted octanol–water partition coefficient (Wildman–Crippen LogP) is 3.21. The molecule has 1 radical (unpaired) electrons. The maximum atomic E-state index is 11.5. The highest BCUT2D eigenvalue weighted by molar-refractivity contribution is 7.98. The van der Waals surface area contributed by atoms with Crippen molar-refractivity contribution in [2.45, 2.75) is 18.7 Å². The molecular weight excluding hydrogens is 180 g/mol. The molecule has 0 unspecified atom stereocenters. The third kappa shape index (κ3) is 2.59. The fraction of sp³-hybridized carbons (Fsp3) is 0.273. The van der Waals surface area contributed by atoms with Crippen molar-refractivity contribution in [2.75, 3.05) is 6.26 Å². The van der Waals surface area contributed by atoms with Crippen molar-refractivity contribution in [3.05, 3.63) is 35.7 Å². The van der Waals surface area contributed by atoms with Crippen LogP contribution in [0.15, 0.2) is 29.2 Å². The number of carbonyl (C=O) groups excluding carboxylic acids is 1. The van der Waals surface area contributed by atoms with Gasteiger partial charge < -0.3 is 0 Å². The summed E-state index contributed by atoms with van der Waals surface area (Å²) < 4.78 is 0. The Morgan fingerprint density at radius 2 is 1.69 bits per heavy atom. The van der Waals surface area contributed by atoms with Crippen molar-refractivity contribution in [2.24, 2.45) is 0 Å². The molecule has 0 aromatic heterocycles. The average Bonchev–Trinajstić information content (AvgIpc) is 2.17. The summed E-state index contributed by atoms with van der Waals surface area (Å²) in [5, 5.41) is 0. The first kappa shape index (κ1) is 10.3. The van der Waals surface area contributed by atoms with Gasteiger partial charge in [0.1, 0.15) is 0 Å². The second kappa shape index (κ2) is 4.47. The van der Waals surface area contributed by atoms with Gasteiger partial charge in [-0.3, -0.25) is 4.79 Å². The molecule has 0 saturated carbocycles. The maximum Gasteiger partial charge on any atom is 0.169 e. The van der Waals surface area contributed by atoms with Gasteiger partial charge in [0.2, 0.25) is 0 Å². The fourth-order valence-electron chi connectivity index (χ4n) is 1.03.